The van der Waals surface area contributed by atoms with Crippen LogP contribution in [0.15, 0.2) is 65.6 Å². The minimum atomic E-state index is -3.58. The van der Waals surface area contributed by atoms with Gasteiger partial charge < -0.3 is 4.98 Å². The van der Waals surface area contributed by atoms with E-state index in [0.29, 0.717) is 35.1 Å². The molecule has 3 N–H and O–H groups in total. The molecule has 5 nitrogen and oxygen atoms in total. The van der Waals surface area contributed by atoms with Crippen LogP contribution in [0.4, 0.5) is 4.39 Å². The third-order valence-corrected chi connectivity index (χ3v) is 6.30. The topological polar surface area (TPSA) is 93.0 Å². The minimum Gasteiger partial charge on any atom is -0.329 e. The van der Waals surface area contributed by atoms with E-state index in [0.717, 1.165) is 17.5 Å². The molecule has 0 atom stereocenters. The molecular weight excluding hydrogens is 415 g/mol. The van der Waals surface area contributed by atoms with Gasteiger partial charge in [-0.25, -0.2) is 17.9 Å². The summed E-state index contributed by atoms with van der Waals surface area (Å²) in [5.74, 6) is -0.216. The summed E-state index contributed by atoms with van der Waals surface area (Å²) in [5, 5.41) is 5.08. The summed E-state index contributed by atoms with van der Waals surface area (Å²) < 4.78 is 37.6. The zero-order valence-electron chi connectivity index (χ0n) is 16.8. The van der Waals surface area contributed by atoms with Gasteiger partial charge in [-0.2, -0.15) is 0 Å². The number of rotatable bonds is 6. The number of primary sulfonamides is 1. The van der Waals surface area contributed by atoms with E-state index in [1.165, 1.54) is 0 Å². The number of alkyl halides is 1. The van der Waals surface area contributed by atoms with Gasteiger partial charge in [-0.1, -0.05) is 36.4 Å². The standard InChI is InChI=1S/C24H23FN2O3S/c25-24(10-2-11-24)21-14-19(13-20(15-21)22-3-1-12-27-23(22)28)9-6-17-4-7-18(8-5-17)16-31(26,29)30/h1,3-9,12-15H,2,10-11,16H2,(H,27,28)(H2,26,29,30)/b9-6+. The van der Waals surface area contributed by atoms with Crippen molar-refractivity contribution in [3.63, 3.8) is 0 Å². The average Bonchev–Trinajstić information content (AvgIpc) is 2.70. The van der Waals surface area contributed by atoms with Crippen molar-refractivity contribution < 1.29 is 12.8 Å². The Labute approximate surface area is 180 Å². The van der Waals surface area contributed by atoms with Gasteiger partial charge in [0.15, 0.2) is 0 Å². The normalized spacial score (nSPS) is 15.7. The number of aromatic nitrogens is 1. The molecule has 2 aromatic carbocycles. The van der Waals surface area contributed by atoms with Crippen LogP contribution in [-0.2, 0) is 21.4 Å². The predicted octanol–water partition coefficient (Wildman–Crippen LogP) is 4.35. The number of benzene rings is 2. The first-order valence-corrected chi connectivity index (χ1v) is 11.7. The van der Waals surface area contributed by atoms with E-state index in [1.807, 2.05) is 24.3 Å². The highest BCUT2D eigenvalue weighted by Gasteiger charge is 2.39. The van der Waals surface area contributed by atoms with Crippen LogP contribution in [0.25, 0.3) is 23.3 Å². The van der Waals surface area contributed by atoms with Crippen LogP contribution in [0.2, 0.25) is 0 Å². The van der Waals surface area contributed by atoms with Crippen LogP contribution in [-0.4, -0.2) is 13.4 Å². The second-order valence-electron chi connectivity index (χ2n) is 7.96. The summed E-state index contributed by atoms with van der Waals surface area (Å²) in [6.45, 7) is 0. The summed E-state index contributed by atoms with van der Waals surface area (Å²) in [4.78, 5) is 14.9. The second kappa shape index (κ2) is 8.24. The summed E-state index contributed by atoms with van der Waals surface area (Å²) in [6.07, 6.45) is 7.11. The fraction of sp³-hybridized carbons (Fsp3) is 0.208. The zero-order valence-corrected chi connectivity index (χ0v) is 17.7. The highest BCUT2D eigenvalue weighted by Crippen LogP contribution is 2.46. The molecule has 1 aliphatic rings. The Morgan fingerprint density at radius 1 is 1.03 bits per heavy atom. The summed E-state index contributed by atoms with van der Waals surface area (Å²) in [7, 11) is -3.58. The quantitative estimate of drug-likeness (QED) is 0.561. The lowest BCUT2D eigenvalue weighted by atomic mass is 9.75. The van der Waals surface area contributed by atoms with Gasteiger partial charge in [-0.15, -0.1) is 0 Å². The lowest BCUT2D eigenvalue weighted by molar-refractivity contribution is 0.0609. The molecule has 0 spiro atoms. The SMILES string of the molecule is NS(=O)(=O)Cc1ccc(/C=C/c2cc(-c3ccc[nH]c3=O)cc(C3(F)CCC3)c2)cc1. The third kappa shape index (κ3) is 5.00. The molecule has 7 heteroatoms. The van der Waals surface area contributed by atoms with Crippen molar-refractivity contribution in [2.75, 3.05) is 0 Å². The monoisotopic (exact) mass is 438 g/mol. The summed E-state index contributed by atoms with van der Waals surface area (Å²) in [5.41, 5.74) is 2.44. The lowest BCUT2D eigenvalue weighted by Crippen LogP contribution is -2.28. The van der Waals surface area contributed by atoms with Crippen molar-refractivity contribution in [3.05, 3.63) is 93.4 Å². The molecule has 1 heterocycles. The molecule has 160 valence electrons. The van der Waals surface area contributed by atoms with Crippen molar-refractivity contribution in [2.45, 2.75) is 30.7 Å². The fourth-order valence-electron chi connectivity index (χ4n) is 3.74. The highest BCUT2D eigenvalue weighted by atomic mass is 32.2. The van der Waals surface area contributed by atoms with Crippen molar-refractivity contribution >= 4 is 22.2 Å². The first-order chi connectivity index (χ1) is 14.7. The largest absolute Gasteiger partial charge is 0.329 e. The molecule has 31 heavy (non-hydrogen) atoms. The maximum atomic E-state index is 15.2. The van der Waals surface area contributed by atoms with Gasteiger partial charge in [0.2, 0.25) is 10.0 Å². The molecule has 4 rings (SSSR count). The van der Waals surface area contributed by atoms with Crippen molar-refractivity contribution in [1.82, 2.24) is 4.98 Å². The Kier molecular flexibility index (Phi) is 5.64. The van der Waals surface area contributed by atoms with E-state index in [-0.39, 0.29) is 11.3 Å². The van der Waals surface area contributed by atoms with Gasteiger partial charge >= 0.3 is 0 Å². The Balaban J connectivity index is 1.67. The maximum absolute atomic E-state index is 15.2. The second-order valence-corrected chi connectivity index (χ2v) is 9.57. The van der Waals surface area contributed by atoms with Gasteiger partial charge in [0, 0.05) is 11.8 Å². The van der Waals surface area contributed by atoms with E-state index in [4.69, 9.17) is 5.14 Å². The smallest absolute Gasteiger partial charge is 0.255 e. The molecule has 0 radical (unpaired) electrons. The number of hydrogen-bond acceptors (Lipinski definition) is 3. The first kappa shape index (κ1) is 21.2. The average molecular weight is 439 g/mol. The lowest BCUT2D eigenvalue weighted by Gasteiger charge is -2.34. The summed E-state index contributed by atoms with van der Waals surface area (Å²) >= 11 is 0. The highest BCUT2D eigenvalue weighted by molar-refractivity contribution is 7.88. The van der Waals surface area contributed by atoms with Gasteiger partial charge in [0.05, 0.1) is 5.75 Å². The van der Waals surface area contributed by atoms with E-state index >= 15 is 4.39 Å². The van der Waals surface area contributed by atoms with Crippen molar-refractivity contribution in [2.24, 2.45) is 5.14 Å². The number of H-pyrrole nitrogens is 1. The van der Waals surface area contributed by atoms with Crippen LogP contribution in [0.3, 0.4) is 0 Å². The van der Waals surface area contributed by atoms with Crippen LogP contribution < -0.4 is 10.7 Å². The number of sulfonamides is 1. The van der Waals surface area contributed by atoms with E-state index in [9.17, 15) is 13.2 Å². The molecule has 1 fully saturated rings. The summed E-state index contributed by atoms with van der Waals surface area (Å²) in [6, 6.07) is 15.9. The Hall–Kier alpha value is -3.03. The number of nitrogens with one attached hydrogen (secondary N) is 1. The van der Waals surface area contributed by atoms with E-state index < -0.39 is 15.7 Å². The molecule has 3 aromatic rings. The Morgan fingerprint density at radius 2 is 1.74 bits per heavy atom. The van der Waals surface area contributed by atoms with Crippen LogP contribution in [0, 0.1) is 0 Å². The molecular formula is C24H23FN2O3S. The molecule has 0 bridgehead atoms. The van der Waals surface area contributed by atoms with Gasteiger partial charge in [0.1, 0.15) is 5.67 Å². The molecule has 0 amide bonds. The number of halogens is 1. The van der Waals surface area contributed by atoms with Crippen LogP contribution >= 0.6 is 0 Å². The molecule has 1 aromatic heterocycles. The molecule has 0 aliphatic heterocycles. The maximum Gasteiger partial charge on any atom is 0.255 e. The predicted molar refractivity (Wildman–Crippen MR) is 121 cm³/mol. The van der Waals surface area contributed by atoms with Crippen LogP contribution in [0.5, 0.6) is 0 Å². The minimum absolute atomic E-state index is 0.216. The van der Waals surface area contributed by atoms with Gasteiger partial charge in [-0.3, -0.25) is 4.79 Å². The van der Waals surface area contributed by atoms with Crippen molar-refractivity contribution in [1.29, 1.82) is 0 Å². The van der Waals surface area contributed by atoms with Gasteiger partial charge in [0.25, 0.3) is 5.56 Å². The Bertz CT molecular complexity index is 1290. The number of nitrogens with two attached hydrogens (primary N) is 1. The van der Waals surface area contributed by atoms with E-state index in [1.54, 1.807) is 48.7 Å². The number of pyridine rings is 1. The molecule has 0 unspecified atom stereocenters. The zero-order chi connectivity index (χ0) is 22.1. The number of hydrogen-bond donors (Lipinski definition) is 2. The third-order valence-electron chi connectivity index (χ3n) is 5.56. The molecule has 1 saturated carbocycles. The van der Waals surface area contributed by atoms with E-state index in [2.05, 4.69) is 4.98 Å². The first-order valence-electron chi connectivity index (χ1n) is 10.0. The van der Waals surface area contributed by atoms with Gasteiger partial charge in [-0.05, 0) is 77.4 Å². The number of aromatic amines is 1. The molecule has 1 aliphatic carbocycles. The van der Waals surface area contributed by atoms with Crippen LogP contribution in [0.1, 0.15) is 41.5 Å². The fourth-order valence-corrected chi connectivity index (χ4v) is 4.39. The Morgan fingerprint density at radius 3 is 2.35 bits per heavy atom. The molecule has 0 saturated heterocycles. The van der Waals surface area contributed by atoms with Crippen molar-refractivity contribution in [3.8, 4) is 11.1 Å².